The zero-order valence-corrected chi connectivity index (χ0v) is 8.88. The minimum atomic E-state index is 0.176. The summed E-state index contributed by atoms with van der Waals surface area (Å²) in [6.45, 7) is 6.59. The van der Waals surface area contributed by atoms with Gasteiger partial charge in [-0.3, -0.25) is 0 Å². The molecular formula is C11H20O2. The van der Waals surface area contributed by atoms with E-state index in [1.807, 2.05) is 0 Å². The van der Waals surface area contributed by atoms with Crippen LogP contribution in [0.4, 0.5) is 0 Å². The zero-order valence-electron chi connectivity index (χ0n) is 8.88. The van der Waals surface area contributed by atoms with E-state index in [1.165, 1.54) is 6.42 Å². The van der Waals surface area contributed by atoms with E-state index >= 15 is 0 Å². The largest absolute Gasteiger partial charge is 0.374 e. The van der Waals surface area contributed by atoms with Crippen LogP contribution >= 0.6 is 0 Å². The Bertz CT molecular complexity index is 169. The van der Waals surface area contributed by atoms with E-state index in [0.717, 1.165) is 19.1 Å². The highest BCUT2D eigenvalue weighted by molar-refractivity contribution is 5.50. The van der Waals surface area contributed by atoms with E-state index in [9.17, 15) is 4.79 Å². The Balaban J connectivity index is 2.46. The van der Waals surface area contributed by atoms with Gasteiger partial charge in [0.1, 0.15) is 6.29 Å². The third kappa shape index (κ3) is 3.11. The molecule has 2 heteroatoms. The average Bonchev–Trinajstić information content (AvgIpc) is 2.04. The second-order valence-corrected chi connectivity index (χ2v) is 4.95. The predicted molar refractivity (Wildman–Crippen MR) is 52.6 cm³/mol. The fourth-order valence-electron chi connectivity index (χ4n) is 1.82. The molecule has 0 aliphatic carbocycles. The summed E-state index contributed by atoms with van der Waals surface area (Å²) in [5, 5.41) is 0. The summed E-state index contributed by atoms with van der Waals surface area (Å²) in [6, 6.07) is 0. The van der Waals surface area contributed by atoms with Gasteiger partial charge in [0.2, 0.25) is 0 Å². The molecule has 2 nitrogen and oxygen atoms in total. The highest BCUT2D eigenvalue weighted by Gasteiger charge is 2.30. The maximum atomic E-state index is 10.3. The van der Waals surface area contributed by atoms with E-state index in [4.69, 9.17) is 4.74 Å². The summed E-state index contributed by atoms with van der Waals surface area (Å²) in [7, 11) is 0. The summed E-state index contributed by atoms with van der Waals surface area (Å²) in [5.74, 6) is 0. The van der Waals surface area contributed by atoms with Crippen molar-refractivity contribution in [3.8, 4) is 0 Å². The Morgan fingerprint density at radius 1 is 1.38 bits per heavy atom. The maximum Gasteiger partial charge on any atom is 0.122 e. The smallest absolute Gasteiger partial charge is 0.122 e. The molecule has 2 atom stereocenters. The first-order chi connectivity index (χ1) is 6.04. The number of rotatable bonds is 2. The molecule has 1 aliphatic rings. The lowest BCUT2D eigenvalue weighted by molar-refractivity contribution is -0.121. The lowest BCUT2D eigenvalue weighted by Crippen LogP contribution is -2.37. The van der Waals surface area contributed by atoms with E-state index < -0.39 is 0 Å². The Kier molecular flexibility index (Phi) is 3.48. The number of hydrogen-bond donors (Lipinski definition) is 0. The Hall–Kier alpha value is -0.370. The normalized spacial score (nSPS) is 30.1. The number of hydrogen-bond acceptors (Lipinski definition) is 2. The summed E-state index contributed by atoms with van der Waals surface area (Å²) in [6.07, 6.45) is 5.41. The van der Waals surface area contributed by atoms with Crippen molar-refractivity contribution in [2.75, 3.05) is 0 Å². The molecule has 1 saturated heterocycles. The fraction of sp³-hybridized carbons (Fsp3) is 0.909. The van der Waals surface area contributed by atoms with Crippen molar-refractivity contribution in [3.63, 3.8) is 0 Å². The van der Waals surface area contributed by atoms with E-state index in [0.29, 0.717) is 12.5 Å². The molecule has 2 unspecified atom stereocenters. The minimum Gasteiger partial charge on any atom is -0.374 e. The average molecular weight is 184 g/mol. The molecule has 76 valence electrons. The highest BCUT2D eigenvalue weighted by atomic mass is 16.5. The van der Waals surface area contributed by atoms with Crippen molar-refractivity contribution in [3.05, 3.63) is 0 Å². The predicted octanol–water partition coefficient (Wildman–Crippen LogP) is 2.56. The molecule has 13 heavy (non-hydrogen) atoms. The summed E-state index contributed by atoms with van der Waals surface area (Å²) >= 11 is 0. The Morgan fingerprint density at radius 2 is 2.08 bits per heavy atom. The number of carbonyl (C=O) groups excluding carboxylic acids is 1. The van der Waals surface area contributed by atoms with Gasteiger partial charge in [0.15, 0.2) is 0 Å². The van der Waals surface area contributed by atoms with Gasteiger partial charge >= 0.3 is 0 Å². The molecule has 0 aromatic rings. The molecular weight excluding hydrogens is 164 g/mol. The molecule has 0 aromatic heterocycles. The fourth-order valence-corrected chi connectivity index (χ4v) is 1.82. The van der Waals surface area contributed by atoms with Crippen molar-refractivity contribution in [2.24, 2.45) is 5.41 Å². The molecule has 0 aromatic carbocycles. The van der Waals surface area contributed by atoms with Gasteiger partial charge in [-0.25, -0.2) is 0 Å². The maximum absolute atomic E-state index is 10.3. The molecule has 0 radical (unpaired) electrons. The SMILES string of the molecule is CC(C)(C)C1CCCC(CC=O)O1. The lowest BCUT2D eigenvalue weighted by Gasteiger charge is -2.37. The monoisotopic (exact) mass is 184 g/mol. The number of aldehydes is 1. The molecule has 1 heterocycles. The van der Waals surface area contributed by atoms with Crippen LogP contribution in [-0.2, 0) is 9.53 Å². The van der Waals surface area contributed by atoms with Crippen LogP contribution in [0.1, 0.15) is 46.5 Å². The third-order valence-corrected chi connectivity index (χ3v) is 2.67. The zero-order chi connectivity index (χ0) is 9.90. The summed E-state index contributed by atoms with van der Waals surface area (Å²) in [4.78, 5) is 10.3. The second kappa shape index (κ2) is 4.23. The molecule has 0 saturated carbocycles. The molecule has 1 rings (SSSR count). The van der Waals surface area contributed by atoms with Crippen LogP contribution in [0.25, 0.3) is 0 Å². The minimum absolute atomic E-state index is 0.176. The van der Waals surface area contributed by atoms with Crippen LogP contribution in [0.2, 0.25) is 0 Å². The van der Waals surface area contributed by atoms with Gasteiger partial charge in [-0.15, -0.1) is 0 Å². The van der Waals surface area contributed by atoms with E-state index in [2.05, 4.69) is 20.8 Å². The van der Waals surface area contributed by atoms with Crippen LogP contribution in [0.5, 0.6) is 0 Å². The van der Waals surface area contributed by atoms with Crippen molar-refractivity contribution < 1.29 is 9.53 Å². The van der Waals surface area contributed by atoms with Crippen molar-refractivity contribution >= 4 is 6.29 Å². The van der Waals surface area contributed by atoms with Gasteiger partial charge < -0.3 is 9.53 Å². The highest BCUT2D eigenvalue weighted by Crippen LogP contribution is 2.32. The van der Waals surface area contributed by atoms with Crippen LogP contribution in [0.3, 0.4) is 0 Å². The van der Waals surface area contributed by atoms with Crippen LogP contribution in [0, 0.1) is 5.41 Å². The van der Waals surface area contributed by atoms with Crippen molar-refractivity contribution in [1.29, 1.82) is 0 Å². The van der Waals surface area contributed by atoms with Gasteiger partial charge in [-0.2, -0.15) is 0 Å². The molecule has 1 aliphatic heterocycles. The van der Waals surface area contributed by atoms with Gasteiger partial charge in [0.05, 0.1) is 12.2 Å². The molecule has 0 amide bonds. The quantitative estimate of drug-likeness (QED) is 0.616. The standard InChI is InChI=1S/C11H20O2/c1-11(2,3)10-6-4-5-9(13-10)7-8-12/h8-10H,4-7H2,1-3H3. The Labute approximate surface area is 80.7 Å². The summed E-state index contributed by atoms with van der Waals surface area (Å²) in [5.41, 5.74) is 0.210. The van der Waals surface area contributed by atoms with Gasteiger partial charge in [-0.1, -0.05) is 20.8 Å². The lowest BCUT2D eigenvalue weighted by atomic mass is 9.84. The summed E-state index contributed by atoms with van der Waals surface area (Å²) < 4.78 is 5.86. The Morgan fingerprint density at radius 3 is 2.62 bits per heavy atom. The van der Waals surface area contributed by atoms with E-state index in [-0.39, 0.29) is 11.5 Å². The number of ether oxygens (including phenoxy) is 1. The third-order valence-electron chi connectivity index (χ3n) is 2.67. The first-order valence-electron chi connectivity index (χ1n) is 5.13. The van der Waals surface area contributed by atoms with Gasteiger partial charge in [0.25, 0.3) is 0 Å². The molecule has 0 bridgehead atoms. The van der Waals surface area contributed by atoms with E-state index in [1.54, 1.807) is 0 Å². The van der Waals surface area contributed by atoms with Crippen LogP contribution in [-0.4, -0.2) is 18.5 Å². The van der Waals surface area contributed by atoms with Crippen molar-refractivity contribution in [1.82, 2.24) is 0 Å². The first kappa shape index (κ1) is 10.7. The first-order valence-corrected chi connectivity index (χ1v) is 5.13. The number of carbonyl (C=O) groups is 1. The molecule has 0 N–H and O–H groups in total. The second-order valence-electron chi connectivity index (χ2n) is 4.95. The molecule has 0 spiro atoms. The van der Waals surface area contributed by atoms with Gasteiger partial charge in [-0.05, 0) is 24.7 Å². The van der Waals surface area contributed by atoms with Crippen molar-refractivity contribution in [2.45, 2.75) is 58.7 Å². The topological polar surface area (TPSA) is 26.3 Å². The molecule has 1 fully saturated rings. The van der Waals surface area contributed by atoms with Crippen LogP contribution in [0.15, 0.2) is 0 Å². The van der Waals surface area contributed by atoms with Gasteiger partial charge in [0, 0.05) is 6.42 Å². The van der Waals surface area contributed by atoms with Crippen LogP contribution < -0.4 is 0 Å².